The Morgan fingerprint density at radius 3 is 2.73 bits per heavy atom. The van der Waals surface area contributed by atoms with E-state index in [2.05, 4.69) is 14.7 Å². The van der Waals surface area contributed by atoms with Gasteiger partial charge in [-0.25, -0.2) is 31.3 Å². The molecule has 1 amide bonds. The third kappa shape index (κ3) is 6.36. The summed E-state index contributed by atoms with van der Waals surface area (Å²) in [6.07, 6.45) is 1.27. The van der Waals surface area contributed by atoms with E-state index in [9.17, 15) is 37.1 Å². The first-order chi connectivity index (χ1) is 20.9. The molecule has 236 valence electrons. The second kappa shape index (κ2) is 12.3. The second-order valence-corrected chi connectivity index (χ2v) is 14.5. The SMILES string of the molecule is CNS(=O)(=O)c1cccc(OCC(O)CN(C(=O)O)C2COC3(CCN(S(=O)(=O)c4cnc5[nH]cc(C#N)c5c4)CC3)C2)c1. The molecule has 0 aliphatic carbocycles. The van der Waals surface area contributed by atoms with Crippen LogP contribution in [-0.4, -0.2) is 110 Å². The molecule has 4 N–H and O–H groups in total. The van der Waals surface area contributed by atoms with Crippen LogP contribution >= 0.6 is 0 Å². The first-order valence-corrected chi connectivity index (χ1v) is 16.7. The van der Waals surface area contributed by atoms with Gasteiger partial charge in [-0.15, -0.1) is 0 Å². The van der Waals surface area contributed by atoms with Crippen molar-refractivity contribution in [3.8, 4) is 11.8 Å². The van der Waals surface area contributed by atoms with E-state index < -0.39 is 43.9 Å². The molecule has 2 fully saturated rings. The third-order valence-corrected chi connectivity index (χ3v) is 11.3. The van der Waals surface area contributed by atoms with Gasteiger partial charge >= 0.3 is 6.09 Å². The zero-order valence-electron chi connectivity index (χ0n) is 23.7. The number of sulfonamides is 2. The molecule has 2 saturated heterocycles. The summed E-state index contributed by atoms with van der Waals surface area (Å²) in [6, 6.07) is 8.57. The Kier molecular flexibility index (Phi) is 8.84. The first-order valence-electron chi connectivity index (χ1n) is 13.7. The number of benzene rings is 1. The van der Waals surface area contributed by atoms with Crippen LogP contribution in [0.5, 0.6) is 5.75 Å². The van der Waals surface area contributed by atoms with E-state index in [0.717, 1.165) is 4.90 Å². The Morgan fingerprint density at radius 2 is 2.05 bits per heavy atom. The summed E-state index contributed by atoms with van der Waals surface area (Å²) in [5.41, 5.74) is -0.0132. The van der Waals surface area contributed by atoms with Crippen LogP contribution in [0.4, 0.5) is 4.79 Å². The summed E-state index contributed by atoms with van der Waals surface area (Å²) in [4.78, 5) is 20.2. The van der Waals surface area contributed by atoms with Gasteiger partial charge in [-0.3, -0.25) is 0 Å². The number of fused-ring (bicyclic) bond motifs is 1. The highest BCUT2D eigenvalue weighted by Crippen LogP contribution is 2.39. The molecule has 1 spiro atoms. The fraction of sp³-hybridized carbons (Fsp3) is 0.444. The van der Waals surface area contributed by atoms with E-state index in [-0.39, 0.29) is 48.4 Å². The Bertz CT molecular complexity index is 1800. The van der Waals surface area contributed by atoms with Crippen LogP contribution in [0.15, 0.2) is 52.5 Å². The summed E-state index contributed by atoms with van der Waals surface area (Å²) in [7, 11) is -6.31. The average molecular weight is 649 g/mol. The highest BCUT2D eigenvalue weighted by Gasteiger charge is 2.47. The topological polar surface area (TPSA) is 215 Å². The van der Waals surface area contributed by atoms with Crippen molar-refractivity contribution in [2.75, 3.05) is 39.9 Å². The van der Waals surface area contributed by atoms with Gasteiger partial charge in [-0.2, -0.15) is 9.57 Å². The van der Waals surface area contributed by atoms with E-state index in [0.29, 0.717) is 35.9 Å². The summed E-state index contributed by atoms with van der Waals surface area (Å²) in [5.74, 6) is 0.196. The molecule has 0 radical (unpaired) electrons. The standard InChI is InChI=1S/C27H32N6O9S2/c1-29-43(37,38)22-4-2-3-21(9-22)41-17-20(34)15-33(26(35)36)19-11-27(42-16-19)5-7-32(8-6-27)44(39,40)23-10-24-18(12-28)13-30-25(24)31-14-23/h2-4,9-10,13-14,19-20,29,34H,5-8,11,15-17H2,1H3,(H,30,31)(H,35,36). The molecular formula is C27H32N6O9S2. The summed E-state index contributed by atoms with van der Waals surface area (Å²) >= 11 is 0. The lowest BCUT2D eigenvalue weighted by atomic mass is 9.88. The number of aliphatic hydroxyl groups excluding tert-OH is 1. The number of aliphatic hydroxyl groups is 1. The van der Waals surface area contributed by atoms with E-state index in [4.69, 9.17) is 9.47 Å². The lowest BCUT2D eigenvalue weighted by Gasteiger charge is -2.38. The molecule has 3 aromatic rings. The molecule has 15 nitrogen and oxygen atoms in total. The first kappa shape index (κ1) is 31.6. The number of pyridine rings is 1. The van der Waals surface area contributed by atoms with E-state index in [1.54, 1.807) is 0 Å². The lowest BCUT2D eigenvalue weighted by molar-refractivity contribution is -0.0319. The van der Waals surface area contributed by atoms with Gasteiger partial charge in [0.1, 0.15) is 35.1 Å². The number of aromatic amines is 1. The monoisotopic (exact) mass is 648 g/mol. The number of nitrogens with one attached hydrogen (secondary N) is 2. The number of rotatable bonds is 10. The fourth-order valence-corrected chi connectivity index (χ4v) is 7.75. The van der Waals surface area contributed by atoms with Gasteiger partial charge in [-0.1, -0.05) is 6.07 Å². The number of ether oxygens (including phenoxy) is 2. The smallest absolute Gasteiger partial charge is 0.407 e. The van der Waals surface area contributed by atoms with Crippen LogP contribution < -0.4 is 9.46 Å². The highest BCUT2D eigenvalue weighted by atomic mass is 32.2. The minimum absolute atomic E-state index is 0.0158. The highest BCUT2D eigenvalue weighted by molar-refractivity contribution is 7.89. The molecule has 4 heterocycles. The molecule has 2 unspecified atom stereocenters. The number of carbonyl (C=O) groups is 1. The van der Waals surface area contributed by atoms with Crippen molar-refractivity contribution in [3.05, 3.63) is 48.3 Å². The van der Waals surface area contributed by atoms with Crippen molar-refractivity contribution in [3.63, 3.8) is 0 Å². The lowest BCUT2D eigenvalue weighted by Crippen LogP contribution is -2.48. The van der Waals surface area contributed by atoms with Crippen LogP contribution in [0.2, 0.25) is 0 Å². The predicted octanol–water partition coefficient (Wildman–Crippen LogP) is 1.07. The van der Waals surface area contributed by atoms with E-state index in [1.807, 2.05) is 6.07 Å². The van der Waals surface area contributed by atoms with Crippen molar-refractivity contribution >= 4 is 37.2 Å². The van der Waals surface area contributed by atoms with Crippen molar-refractivity contribution in [2.24, 2.45) is 0 Å². The number of aromatic nitrogens is 2. The maximum atomic E-state index is 13.4. The Balaban J connectivity index is 1.18. The molecule has 2 atom stereocenters. The largest absolute Gasteiger partial charge is 0.491 e. The van der Waals surface area contributed by atoms with E-state index in [1.165, 1.54) is 54.1 Å². The van der Waals surface area contributed by atoms with Gasteiger partial charge in [0.15, 0.2) is 0 Å². The quantitative estimate of drug-likeness (QED) is 0.244. The van der Waals surface area contributed by atoms with Crippen molar-refractivity contribution < 1.29 is 41.3 Å². The van der Waals surface area contributed by atoms with Gasteiger partial charge in [0.25, 0.3) is 0 Å². The molecule has 2 aliphatic heterocycles. The van der Waals surface area contributed by atoms with E-state index >= 15 is 0 Å². The zero-order valence-corrected chi connectivity index (χ0v) is 25.3. The number of hydrogen-bond donors (Lipinski definition) is 4. The minimum Gasteiger partial charge on any atom is -0.491 e. The normalized spacial score (nSPS) is 19.5. The van der Waals surface area contributed by atoms with Gasteiger partial charge in [0, 0.05) is 36.9 Å². The molecule has 2 aliphatic rings. The third-order valence-electron chi connectivity index (χ3n) is 8.01. The molecule has 44 heavy (non-hydrogen) atoms. The number of hydrogen-bond acceptors (Lipinski definition) is 10. The fourth-order valence-electron chi connectivity index (χ4n) is 5.57. The average Bonchev–Trinajstić information content (AvgIpc) is 3.62. The zero-order chi connectivity index (χ0) is 31.7. The number of amides is 1. The molecule has 5 rings (SSSR count). The van der Waals surface area contributed by atoms with Crippen molar-refractivity contribution in [1.82, 2.24) is 23.9 Å². The Hall–Kier alpha value is -3.79. The van der Waals surface area contributed by atoms with Crippen LogP contribution in [0, 0.1) is 11.3 Å². The van der Waals surface area contributed by atoms with Crippen LogP contribution in [0.25, 0.3) is 11.0 Å². The summed E-state index contributed by atoms with van der Waals surface area (Å²) < 4.78 is 66.0. The van der Waals surface area contributed by atoms with Gasteiger partial charge in [0.05, 0.1) is 35.3 Å². The summed E-state index contributed by atoms with van der Waals surface area (Å²) in [5, 5.41) is 30.2. The number of nitrogens with zero attached hydrogens (tertiary/aromatic N) is 4. The minimum atomic E-state index is -3.90. The predicted molar refractivity (Wildman–Crippen MR) is 155 cm³/mol. The molecule has 1 aromatic carbocycles. The number of nitriles is 1. The molecular weight excluding hydrogens is 616 g/mol. The molecule has 17 heteroatoms. The van der Waals surface area contributed by atoms with Crippen LogP contribution in [-0.2, 0) is 24.8 Å². The molecule has 0 saturated carbocycles. The number of piperidine rings is 1. The Labute approximate surface area is 254 Å². The molecule has 0 bridgehead atoms. The van der Waals surface area contributed by atoms with Crippen LogP contribution in [0.3, 0.4) is 0 Å². The maximum absolute atomic E-state index is 13.4. The number of H-pyrrole nitrogens is 1. The second-order valence-electron chi connectivity index (χ2n) is 10.7. The van der Waals surface area contributed by atoms with Crippen molar-refractivity contribution in [2.45, 2.75) is 46.8 Å². The molecule has 2 aromatic heterocycles. The van der Waals surface area contributed by atoms with Gasteiger partial charge in [-0.05, 0) is 44.5 Å². The van der Waals surface area contributed by atoms with Gasteiger partial charge < -0.3 is 29.6 Å². The van der Waals surface area contributed by atoms with Crippen LogP contribution in [0.1, 0.15) is 24.8 Å². The van der Waals surface area contributed by atoms with Gasteiger partial charge in [0.2, 0.25) is 20.0 Å². The maximum Gasteiger partial charge on any atom is 0.407 e. The Morgan fingerprint density at radius 1 is 1.30 bits per heavy atom. The number of carboxylic acid groups (broad SMARTS) is 1. The van der Waals surface area contributed by atoms with Crippen molar-refractivity contribution in [1.29, 1.82) is 5.26 Å². The summed E-state index contributed by atoms with van der Waals surface area (Å²) in [6.45, 7) is -0.165.